The monoisotopic (exact) mass is 321 g/mol. The Morgan fingerprint density at radius 2 is 1.90 bits per heavy atom. The Morgan fingerprint density at radius 1 is 1.24 bits per heavy atom. The van der Waals surface area contributed by atoms with Crippen molar-refractivity contribution in [2.24, 2.45) is 5.92 Å². The summed E-state index contributed by atoms with van der Waals surface area (Å²) in [6, 6.07) is 0. The van der Waals surface area contributed by atoms with Crippen LogP contribution in [-0.2, 0) is 13.7 Å². The maximum absolute atomic E-state index is 11.5. The number of carbonyl (C=O) groups is 1. The minimum absolute atomic E-state index is 0.184. The zero-order valence-electron chi connectivity index (χ0n) is 13.9. The average Bonchev–Trinajstić information content (AvgIpc) is 2.53. The molecule has 0 saturated carbocycles. The van der Waals surface area contributed by atoms with Gasteiger partial charge in [0.05, 0.1) is 13.2 Å². The Hall–Kier alpha value is -0.460. The van der Waals surface area contributed by atoms with Crippen LogP contribution in [0.25, 0.3) is 0 Å². The van der Waals surface area contributed by atoms with E-state index in [1.807, 2.05) is 27.0 Å². The van der Waals surface area contributed by atoms with Crippen LogP contribution in [0, 0.1) is 5.92 Å². The van der Waals surface area contributed by atoms with E-state index in [4.69, 9.17) is 13.7 Å². The van der Waals surface area contributed by atoms with Crippen LogP contribution in [-0.4, -0.2) is 56.8 Å². The van der Waals surface area contributed by atoms with Crippen molar-refractivity contribution in [2.45, 2.75) is 40.0 Å². The van der Waals surface area contributed by atoms with Gasteiger partial charge in [-0.1, -0.05) is 13.8 Å². The molecule has 1 amide bonds. The molecule has 0 aromatic heterocycles. The largest absolute Gasteiger partial charge is 0.450 e. The molecule has 1 fully saturated rings. The van der Waals surface area contributed by atoms with Gasteiger partial charge in [0.2, 0.25) is 0 Å². The van der Waals surface area contributed by atoms with E-state index in [0.717, 1.165) is 52.2 Å². The summed E-state index contributed by atoms with van der Waals surface area (Å²) in [5.41, 5.74) is 0. The normalized spacial score (nSPS) is 15.3. The molecule has 1 heterocycles. The summed E-state index contributed by atoms with van der Waals surface area (Å²) in [5, 5.41) is 0. The topological polar surface area (TPSA) is 48.0 Å². The van der Waals surface area contributed by atoms with Gasteiger partial charge in [-0.05, 0) is 44.1 Å². The van der Waals surface area contributed by atoms with E-state index in [1.54, 1.807) is 4.90 Å². The lowest BCUT2D eigenvalue weighted by Gasteiger charge is -2.31. The van der Waals surface area contributed by atoms with Gasteiger partial charge in [-0.3, -0.25) is 0 Å². The first-order valence-electron chi connectivity index (χ1n) is 7.93. The molecule has 0 aliphatic carbocycles. The standard InChI is InChI=1S/C13H25NO4S.C2H6/c1-3-17-13(15)14-7-5-12(6-8-14)11-16-9-4-10-18-19-2;1-2/h12H,3-11H2,1-2H3;1-2H3. The lowest BCUT2D eigenvalue weighted by atomic mass is 9.98. The number of amides is 1. The quantitative estimate of drug-likeness (QED) is 0.505. The molecular formula is C15H31NO4S. The summed E-state index contributed by atoms with van der Waals surface area (Å²) in [6.07, 6.45) is 4.66. The summed E-state index contributed by atoms with van der Waals surface area (Å²) in [4.78, 5) is 13.3. The summed E-state index contributed by atoms with van der Waals surface area (Å²) >= 11 is 1.39. The SMILES string of the molecule is CC.CCOC(=O)N1CCC(COCCCOSC)CC1. The first-order valence-corrected chi connectivity index (χ1v) is 9.08. The fraction of sp³-hybridized carbons (Fsp3) is 0.933. The molecule has 0 aromatic rings. The molecule has 0 atom stereocenters. The Balaban J connectivity index is 0.00000191. The lowest BCUT2D eigenvalue weighted by molar-refractivity contribution is 0.0531. The lowest BCUT2D eigenvalue weighted by Crippen LogP contribution is -2.39. The number of rotatable bonds is 8. The maximum Gasteiger partial charge on any atom is 0.409 e. The van der Waals surface area contributed by atoms with Crippen molar-refractivity contribution in [3.63, 3.8) is 0 Å². The van der Waals surface area contributed by atoms with Crippen LogP contribution in [0.3, 0.4) is 0 Å². The van der Waals surface area contributed by atoms with Gasteiger partial charge in [0.25, 0.3) is 0 Å². The molecule has 1 saturated heterocycles. The molecule has 0 radical (unpaired) electrons. The van der Waals surface area contributed by atoms with Gasteiger partial charge >= 0.3 is 6.09 Å². The third-order valence-electron chi connectivity index (χ3n) is 3.13. The summed E-state index contributed by atoms with van der Waals surface area (Å²) in [5.74, 6) is 0.562. The van der Waals surface area contributed by atoms with Gasteiger partial charge in [-0.15, -0.1) is 0 Å². The van der Waals surface area contributed by atoms with Crippen LogP contribution in [0.15, 0.2) is 0 Å². The molecule has 6 heteroatoms. The molecule has 21 heavy (non-hydrogen) atoms. The molecule has 0 N–H and O–H groups in total. The van der Waals surface area contributed by atoms with Gasteiger partial charge < -0.3 is 18.6 Å². The van der Waals surface area contributed by atoms with E-state index in [9.17, 15) is 4.79 Å². The predicted molar refractivity (Wildman–Crippen MR) is 87.6 cm³/mol. The zero-order valence-corrected chi connectivity index (χ0v) is 14.7. The second-order valence-corrected chi connectivity index (χ2v) is 5.12. The Morgan fingerprint density at radius 3 is 2.48 bits per heavy atom. The Kier molecular flexibility index (Phi) is 14.2. The summed E-state index contributed by atoms with van der Waals surface area (Å²) < 4.78 is 15.8. The van der Waals surface area contributed by atoms with E-state index in [0.29, 0.717) is 12.5 Å². The number of piperidine rings is 1. The molecule has 1 aliphatic heterocycles. The van der Waals surface area contributed by atoms with Gasteiger partial charge in [-0.2, -0.15) is 0 Å². The number of likely N-dealkylation sites (tertiary alicyclic amines) is 1. The van der Waals surface area contributed by atoms with Crippen LogP contribution in [0.2, 0.25) is 0 Å². The maximum atomic E-state index is 11.5. The first kappa shape index (κ1) is 20.5. The van der Waals surface area contributed by atoms with Crippen LogP contribution >= 0.6 is 12.0 Å². The second kappa shape index (κ2) is 14.5. The van der Waals surface area contributed by atoms with E-state index in [1.165, 1.54) is 12.0 Å². The van der Waals surface area contributed by atoms with Gasteiger partial charge in [0, 0.05) is 32.6 Å². The highest BCUT2D eigenvalue weighted by molar-refractivity contribution is 7.93. The van der Waals surface area contributed by atoms with Gasteiger partial charge in [-0.25, -0.2) is 4.79 Å². The molecule has 0 aromatic carbocycles. The molecule has 5 nitrogen and oxygen atoms in total. The van der Waals surface area contributed by atoms with Crippen LogP contribution in [0.4, 0.5) is 4.79 Å². The minimum atomic E-state index is -0.184. The number of hydrogen-bond donors (Lipinski definition) is 0. The van der Waals surface area contributed by atoms with Gasteiger partial charge in [0.15, 0.2) is 0 Å². The smallest absolute Gasteiger partial charge is 0.409 e. The highest BCUT2D eigenvalue weighted by atomic mass is 32.2. The van der Waals surface area contributed by atoms with Crippen molar-refractivity contribution in [1.82, 2.24) is 4.90 Å². The minimum Gasteiger partial charge on any atom is -0.450 e. The summed E-state index contributed by atoms with van der Waals surface area (Å²) in [6.45, 7) is 10.1. The third kappa shape index (κ3) is 9.98. The van der Waals surface area contributed by atoms with E-state index < -0.39 is 0 Å². The fourth-order valence-corrected chi connectivity index (χ4v) is 2.33. The second-order valence-electron chi connectivity index (χ2n) is 4.55. The van der Waals surface area contributed by atoms with Crippen molar-refractivity contribution in [1.29, 1.82) is 0 Å². The molecule has 0 unspecified atom stereocenters. The van der Waals surface area contributed by atoms with E-state index >= 15 is 0 Å². The number of nitrogens with zero attached hydrogens (tertiary/aromatic N) is 1. The van der Waals surface area contributed by atoms with Crippen molar-refractivity contribution < 1.29 is 18.5 Å². The Labute approximate surface area is 133 Å². The zero-order chi connectivity index (χ0) is 15.9. The summed E-state index contributed by atoms with van der Waals surface area (Å²) in [7, 11) is 0. The van der Waals surface area contributed by atoms with Crippen LogP contribution in [0.5, 0.6) is 0 Å². The van der Waals surface area contributed by atoms with Crippen molar-refractivity contribution in [3.05, 3.63) is 0 Å². The van der Waals surface area contributed by atoms with E-state index in [-0.39, 0.29) is 6.09 Å². The highest BCUT2D eigenvalue weighted by Crippen LogP contribution is 2.18. The first-order chi connectivity index (χ1) is 10.3. The molecule has 1 aliphatic rings. The molecule has 0 bridgehead atoms. The third-order valence-corrected chi connectivity index (χ3v) is 3.53. The Bertz CT molecular complexity index is 246. The number of ether oxygens (including phenoxy) is 2. The van der Waals surface area contributed by atoms with Gasteiger partial charge in [0.1, 0.15) is 0 Å². The number of carbonyl (C=O) groups excluding carboxylic acids is 1. The predicted octanol–water partition coefficient (Wildman–Crippen LogP) is 3.58. The molecule has 0 spiro atoms. The molecular weight excluding hydrogens is 290 g/mol. The van der Waals surface area contributed by atoms with Crippen LogP contribution in [0.1, 0.15) is 40.0 Å². The highest BCUT2D eigenvalue weighted by Gasteiger charge is 2.23. The van der Waals surface area contributed by atoms with Crippen molar-refractivity contribution in [2.75, 3.05) is 45.8 Å². The fourth-order valence-electron chi connectivity index (χ4n) is 2.05. The van der Waals surface area contributed by atoms with Crippen LogP contribution < -0.4 is 0 Å². The van der Waals surface area contributed by atoms with E-state index in [2.05, 4.69) is 0 Å². The van der Waals surface area contributed by atoms with Crippen molar-refractivity contribution >= 4 is 18.1 Å². The van der Waals surface area contributed by atoms with Crippen molar-refractivity contribution in [3.8, 4) is 0 Å². The molecule has 1 rings (SSSR count). The number of hydrogen-bond acceptors (Lipinski definition) is 5. The molecule has 126 valence electrons. The average molecular weight is 321 g/mol.